The van der Waals surface area contributed by atoms with Gasteiger partial charge in [-0.2, -0.15) is 0 Å². The zero-order chi connectivity index (χ0) is 17.7. The number of aliphatic hydroxyl groups is 1. The summed E-state index contributed by atoms with van der Waals surface area (Å²) in [4.78, 5) is 13.4. The van der Waals surface area contributed by atoms with Gasteiger partial charge in [0.2, 0.25) is 5.91 Å². The molecule has 0 radical (unpaired) electrons. The molecule has 2 aromatic rings. The Balaban J connectivity index is 1.95. The molecule has 0 bridgehead atoms. The molecule has 0 unspecified atom stereocenters. The Kier molecular flexibility index (Phi) is 5.54. The SMILES string of the molecule is CCCC1(C(=O)NCCCCCO)c2ccccc2-c2ccccc21. The summed E-state index contributed by atoms with van der Waals surface area (Å²) >= 11 is 0. The van der Waals surface area contributed by atoms with Gasteiger partial charge in [-0.3, -0.25) is 4.79 Å². The summed E-state index contributed by atoms with van der Waals surface area (Å²) in [5.74, 6) is 0.107. The van der Waals surface area contributed by atoms with E-state index in [0.717, 1.165) is 43.2 Å². The predicted octanol–water partition coefficient (Wildman–Crippen LogP) is 4.03. The molecule has 2 aromatic carbocycles. The van der Waals surface area contributed by atoms with Gasteiger partial charge in [0.15, 0.2) is 0 Å². The van der Waals surface area contributed by atoms with Crippen LogP contribution in [0.25, 0.3) is 11.1 Å². The number of rotatable bonds is 8. The third-order valence-corrected chi connectivity index (χ3v) is 5.20. The van der Waals surface area contributed by atoms with Crippen molar-refractivity contribution in [1.82, 2.24) is 5.32 Å². The first-order valence-electron chi connectivity index (χ1n) is 9.34. The summed E-state index contributed by atoms with van der Waals surface area (Å²) in [6, 6.07) is 16.6. The van der Waals surface area contributed by atoms with Crippen LogP contribution in [-0.4, -0.2) is 24.2 Å². The molecule has 0 spiro atoms. The molecule has 3 heteroatoms. The first-order valence-corrected chi connectivity index (χ1v) is 9.34. The van der Waals surface area contributed by atoms with Gasteiger partial charge in [0.25, 0.3) is 0 Å². The Labute approximate surface area is 150 Å². The van der Waals surface area contributed by atoms with Crippen molar-refractivity contribution >= 4 is 5.91 Å². The van der Waals surface area contributed by atoms with Gasteiger partial charge in [-0.15, -0.1) is 0 Å². The number of unbranched alkanes of at least 4 members (excludes halogenated alkanes) is 2. The number of carbonyl (C=O) groups is 1. The molecule has 0 aromatic heterocycles. The first-order chi connectivity index (χ1) is 12.3. The van der Waals surface area contributed by atoms with Gasteiger partial charge in [-0.1, -0.05) is 61.9 Å². The molecule has 0 atom stereocenters. The van der Waals surface area contributed by atoms with Gasteiger partial charge >= 0.3 is 0 Å². The number of hydrogen-bond acceptors (Lipinski definition) is 2. The maximum absolute atomic E-state index is 13.4. The van der Waals surface area contributed by atoms with Crippen LogP contribution < -0.4 is 5.32 Å². The van der Waals surface area contributed by atoms with Crippen LogP contribution in [0.3, 0.4) is 0 Å². The summed E-state index contributed by atoms with van der Waals surface area (Å²) in [5.41, 5.74) is 4.04. The van der Waals surface area contributed by atoms with E-state index in [4.69, 9.17) is 5.11 Å². The van der Waals surface area contributed by atoms with E-state index in [1.807, 2.05) is 24.3 Å². The molecule has 3 rings (SSSR count). The van der Waals surface area contributed by atoms with Crippen molar-refractivity contribution in [2.24, 2.45) is 0 Å². The summed E-state index contributed by atoms with van der Waals surface area (Å²) in [5, 5.41) is 12.1. The summed E-state index contributed by atoms with van der Waals surface area (Å²) in [6.45, 7) is 3.02. The Hall–Kier alpha value is -2.13. The van der Waals surface area contributed by atoms with E-state index in [0.29, 0.717) is 6.54 Å². The lowest BCUT2D eigenvalue weighted by molar-refractivity contribution is -0.125. The minimum absolute atomic E-state index is 0.107. The fraction of sp³-hybridized carbons (Fsp3) is 0.409. The molecular formula is C22H27NO2. The monoisotopic (exact) mass is 337 g/mol. The summed E-state index contributed by atoms with van der Waals surface area (Å²) < 4.78 is 0. The van der Waals surface area contributed by atoms with Gasteiger partial charge < -0.3 is 10.4 Å². The largest absolute Gasteiger partial charge is 0.396 e. The zero-order valence-electron chi connectivity index (χ0n) is 14.9. The molecule has 1 aliphatic rings. The van der Waals surface area contributed by atoms with E-state index < -0.39 is 5.41 Å². The predicted molar refractivity (Wildman–Crippen MR) is 102 cm³/mol. The third-order valence-electron chi connectivity index (χ3n) is 5.20. The molecule has 2 N–H and O–H groups in total. The number of hydrogen-bond donors (Lipinski definition) is 2. The fourth-order valence-electron chi connectivity index (χ4n) is 4.09. The van der Waals surface area contributed by atoms with E-state index in [9.17, 15) is 4.79 Å². The zero-order valence-corrected chi connectivity index (χ0v) is 14.9. The number of fused-ring (bicyclic) bond motifs is 3. The molecule has 132 valence electrons. The standard InChI is InChI=1S/C22H27NO2/c1-2-14-22(21(25)23-15-8-3-9-16-24)19-12-6-4-10-17(19)18-11-5-7-13-20(18)22/h4-7,10-13,24H,2-3,8-9,14-16H2,1H3,(H,23,25). The fourth-order valence-corrected chi connectivity index (χ4v) is 4.09. The number of carbonyl (C=O) groups excluding carboxylic acids is 1. The van der Waals surface area contributed by atoms with E-state index in [1.165, 1.54) is 11.1 Å². The minimum Gasteiger partial charge on any atom is -0.396 e. The van der Waals surface area contributed by atoms with Crippen LogP contribution in [0.1, 0.15) is 50.2 Å². The minimum atomic E-state index is -0.584. The second kappa shape index (κ2) is 7.83. The smallest absolute Gasteiger partial charge is 0.235 e. The van der Waals surface area contributed by atoms with E-state index in [2.05, 4.69) is 36.5 Å². The van der Waals surface area contributed by atoms with Crippen LogP contribution >= 0.6 is 0 Å². The van der Waals surface area contributed by atoms with Gasteiger partial charge in [0, 0.05) is 13.2 Å². The maximum Gasteiger partial charge on any atom is 0.235 e. The molecule has 1 aliphatic carbocycles. The third kappa shape index (κ3) is 3.09. The molecule has 0 saturated carbocycles. The van der Waals surface area contributed by atoms with Crippen molar-refractivity contribution in [2.75, 3.05) is 13.2 Å². The average molecular weight is 337 g/mol. The van der Waals surface area contributed by atoms with Gasteiger partial charge in [0.05, 0.1) is 0 Å². The van der Waals surface area contributed by atoms with Crippen LogP contribution in [0.5, 0.6) is 0 Å². The van der Waals surface area contributed by atoms with Crippen LogP contribution in [0.15, 0.2) is 48.5 Å². The highest BCUT2D eigenvalue weighted by Crippen LogP contribution is 2.51. The molecule has 0 saturated heterocycles. The van der Waals surface area contributed by atoms with Crippen LogP contribution in [0.4, 0.5) is 0 Å². The van der Waals surface area contributed by atoms with Crippen molar-refractivity contribution in [3.05, 3.63) is 59.7 Å². The van der Waals surface area contributed by atoms with Crippen molar-refractivity contribution < 1.29 is 9.90 Å². The lowest BCUT2D eigenvalue weighted by Crippen LogP contribution is -2.44. The summed E-state index contributed by atoms with van der Waals surface area (Å²) in [7, 11) is 0. The van der Waals surface area contributed by atoms with E-state index in [-0.39, 0.29) is 12.5 Å². The molecule has 1 amide bonds. The second-order valence-electron chi connectivity index (χ2n) is 6.79. The molecular weight excluding hydrogens is 310 g/mol. The quantitative estimate of drug-likeness (QED) is 0.715. The molecule has 0 fully saturated rings. The van der Waals surface area contributed by atoms with Crippen molar-refractivity contribution in [3.8, 4) is 11.1 Å². The highest BCUT2D eigenvalue weighted by atomic mass is 16.2. The van der Waals surface area contributed by atoms with E-state index >= 15 is 0 Å². The number of benzene rings is 2. The highest BCUT2D eigenvalue weighted by molar-refractivity contribution is 6.00. The van der Waals surface area contributed by atoms with Crippen LogP contribution in [0.2, 0.25) is 0 Å². The van der Waals surface area contributed by atoms with Crippen LogP contribution in [0, 0.1) is 0 Å². The Morgan fingerprint density at radius 3 is 2.12 bits per heavy atom. The van der Waals surface area contributed by atoms with Crippen molar-refractivity contribution in [3.63, 3.8) is 0 Å². The molecule has 25 heavy (non-hydrogen) atoms. The normalized spacial score (nSPS) is 14.0. The maximum atomic E-state index is 13.4. The van der Waals surface area contributed by atoms with Gasteiger partial charge in [-0.05, 0) is 47.9 Å². The molecule has 0 heterocycles. The number of aliphatic hydroxyl groups excluding tert-OH is 1. The van der Waals surface area contributed by atoms with Crippen molar-refractivity contribution in [1.29, 1.82) is 0 Å². The van der Waals surface area contributed by atoms with Crippen molar-refractivity contribution in [2.45, 2.75) is 44.4 Å². The van der Waals surface area contributed by atoms with Gasteiger partial charge in [0.1, 0.15) is 5.41 Å². The molecule has 0 aliphatic heterocycles. The van der Waals surface area contributed by atoms with E-state index in [1.54, 1.807) is 0 Å². The number of nitrogens with one attached hydrogen (secondary N) is 1. The highest BCUT2D eigenvalue weighted by Gasteiger charge is 2.47. The first kappa shape index (κ1) is 17.7. The lowest BCUT2D eigenvalue weighted by Gasteiger charge is -2.30. The summed E-state index contributed by atoms with van der Waals surface area (Å²) in [6.07, 6.45) is 4.38. The Bertz CT molecular complexity index is 693. The Morgan fingerprint density at radius 1 is 0.960 bits per heavy atom. The van der Waals surface area contributed by atoms with Gasteiger partial charge in [-0.25, -0.2) is 0 Å². The topological polar surface area (TPSA) is 49.3 Å². The Morgan fingerprint density at radius 2 is 1.56 bits per heavy atom. The lowest BCUT2D eigenvalue weighted by atomic mass is 9.74. The molecule has 3 nitrogen and oxygen atoms in total. The number of amides is 1. The average Bonchev–Trinajstić information content (AvgIpc) is 2.93. The van der Waals surface area contributed by atoms with Crippen LogP contribution in [-0.2, 0) is 10.2 Å². The second-order valence-corrected chi connectivity index (χ2v) is 6.79.